The van der Waals surface area contributed by atoms with Crippen LogP contribution in [0.3, 0.4) is 0 Å². The third-order valence-corrected chi connectivity index (χ3v) is 4.61. The third-order valence-electron chi connectivity index (χ3n) is 4.61. The van der Waals surface area contributed by atoms with Crippen LogP contribution in [0.15, 0.2) is 30.3 Å². The number of hydrogen-bond acceptors (Lipinski definition) is 6. The molecule has 25 heavy (non-hydrogen) atoms. The number of aliphatic hydroxyl groups is 3. The average molecular weight is 350 g/mol. The van der Waals surface area contributed by atoms with E-state index >= 15 is 0 Å². The predicted molar refractivity (Wildman–Crippen MR) is 91.9 cm³/mol. The molecule has 5 N–H and O–H groups in total. The Kier molecular flexibility index (Phi) is 7.07. The molecule has 138 valence electrons. The van der Waals surface area contributed by atoms with Gasteiger partial charge in [-0.1, -0.05) is 37.3 Å². The Morgan fingerprint density at radius 1 is 1.24 bits per heavy atom. The van der Waals surface area contributed by atoms with E-state index in [2.05, 4.69) is 10.6 Å². The lowest BCUT2D eigenvalue weighted by atomic mass is 9.86. The van der Waals surface area contributed by atoms with Crippen LogP contribution in [0.2, 0.25) is 0 Å². The van der Waals surface area contributed by atoms with E-state index in [4.69, 9.17) is 0 Å². The number of rotatable bonds is 7. The fraction of sp³-hybridized carbons (Fsp3) is 0.556. The molecular formula is C18H26N2O5. The zero-order chi connectivity index (χ0) is 18.4. The molecule has 1 fully saturated rings. The molecule has 7 nitrogen and oxygen atoms in total. The van der Waals surface area contributed by atoms with E-state index in [9.17, 15) is 24.9 Å². The molecular weight excluding hydrogens is 324 g/mol. The van der Waals surface area contributed by atoms with Crippen molar-refractivity contribution in [2.75, 3.05) is 13.2 Å². The first-order chi connectivity index (χ1) is 12.0. The number of hydrogen-bond donors (Lipinski definition) is 5. The van der Waals surface area contributed by atoms with Crippen molar-refractivity contribution in [2.45, 2.75) is 50.0 Å². The highest BCUT2D eigenvalue weighted by atomic mass is 16.3. The van der Waals surface area contributed by atoms with Gasteiger partial charge in [0, 0.05) is 25.3 Å². The molecule has 7 heteroatoms. The molecule has 0 saturated carbocycles. The summed E-state index contributed by atoms with van der Waals surface area (Å²) in [4.78, 5) is 24.0. The van der Waals surface area contributed by atoms with Gasteiger partial charge >= 0.3 is 0 Å². The van der Waals surface area contributed by atoms with Crippen molar-refractivity contribution in [1.82, 2.24) is 10.6 Å². The second-order valence-electron chi connectivity index (χ2n) is 6.36. The Hall–Kier alpha value is -1.80. The summed E-state index contributed by atoms with van der Waals surface area (Å²) in [6.45, 7) is 1.70. The summed E-state index contributed by atoms with van der Waals surface area (Å²) in [5, 5.41) is 35.6. The minimum absolute atomic E-state index is 0.0495. The van der Waals surface area contributed by atoms with Gasteiger partial charge in [0.2, 0.25) is 5.91 Å². The van der Waals surface area contributed by atoms with Crippen LogP contribution < -0.4 is 10.6 Å². The number of amides is 1. The van der Waals surface area contributed by atoms with Crippen molar-refractivity contribution in [3.8, 4) is 0 Å². The molecule has 5 atom stereocenters. The summed E-state index contributed by atoms with van der Waals surface area (Å²) >= 11 is 0. The summed E-state index contributed by atoms with van der Waals surface area (Å²) in [5.74, 6) is -0.876. The number of piperidine rings is 1. The number of ketones is 1. The van der Waals surface area contributed by atoms with Crippen molar-refractivity contribution in [3.05, 3.63) is 35.9 Å². The van der Waals surface area contributed by atoms with Gasteiger partial charge in [0.1, 0.15) is 12.2 Å². The van der Waals surface area contributed by atoms with E-state index in [1.807, 2.05) is 30.3 Å². The topological polar surface area (TPSA) is 119 Å². The highest BCUT2D eigenvalue weighted by molar-refractivity contribution is 5.86. The van der Waals surface area contributed by atoms with Crippen LogP contribution in [-0.2, 0) is 9.59 Å². The predicted octanol–water partition coefficient (Wildman–Crippen LogP) is -0.690. The van der Waals surface area contributed by atoms with E-state index in [1.165, 1.54) is 0 Å². The second-order valence-corrected chi connectivity index (χ2v) is 6.36. The molecule has 0 aromatic heterocycles. The maximum absolute atomic E-state index is 12.5. The SMILES string of the molecule is CCC(=O)N[C@H]1CN[C@@H](C(=O)CC(CO)c2ccccc2)[C@@H](O)[C@@H]1O. The van der Waals surface area contributed by atoms with Gasteiger partial charge in [-0.25, -0.2) is 0 Å². The van der Waals surface area contributed by atoms with Crippen LogP contribution in [0.1, 0.15) is 31.2 Å². The number of carbonyl (C=O) groups excluding carboxylic acids is 2. The van der Waals surface area contributed by atoms with Gasteiger partial charge in [0.15, 0.2) is 5.78 Å². The molecule has 0 spiro atoms. The Bertz CT molecular complexity index is 580. The maximum Gasteiger partial charge on any atom is 0.220 e. The first-order valence-electron chi connectivity index (χ1n) is 8.55. The summed E-state index contributed by atoms with van der Waals surface area (Å²) in [6, 6.07) is 7.63. The molecule has 0 aliphatic carbocycles. The van der Waals surface area contributed by atoms with Gasteiger partial charge < -0.3 is 26.0 Å². The van der Waals surface area contributed by atoms with Crippen LogP contribution >= 0.6 is 0 Å². The van der Waals surface area contributed by atoms with Crippen LogP contribution in [0.5, 0.6) is 0 Å². The standard InChI is InChI=1S/C18H26N2O5/c1-2-15(23)20-13-9-19-16(18(25)17(13)24)14(22)8-12(10-21)11-6-4-3-5-7-11/h3-7,12-13,16-19,21,24-25H,2,8-10H2,1H3,(H,20,23)/t12?,13-,16-,17+,18+/m0/s1. The van der Waals surface area contributed by atoms with E-state index in [1.54, 1.807) is 6.92 Å². The zero-order valence-corrected chi connectivity index (χ0v) is 14.3. The largest absolute Gasteiger partial charge is 0.396 e. The van der Waals surface area contributed by atoms with E-state index < -0.39 is 24.3 Å². The summed E-state index contributed by atoms with van der Waals surface area (Å²) in [7, 11) is 0. The minimum atomic E-state index is -1.32. The Morgan fingerprint density at radius 3 is 2.52 bits per heavy atom. The Morgan fingerprint density at radius 2 is 1.92 bits per heavy atom. The second kappa shape index (κ2) is 9.05. The molecule has 1 saturated heterocycles. The summed E-state index contributed by atoms with van der Waals surface area (Å²) < 4.78 is 0. The minimum Gasteiger partial charge on any atom is -0.396 e. The number of benzene rings is 1. The van der Waals surface area contributed by atoms with Crippen molar-refractivity contribution < 1.29 is 24.9 Å². The van der Waals surface area contributed by atoms with Crippen LogP contribution in [0.4, 0.5) is 0 Å². The molecule has 0 radical (unpaired) electrons. The van der Waals surface area contributed by atoms with Gasteiger partial charge in [-0.05, 0) is 5.56 Å². The lowest BCUT2D eigenvalue weighted by molar-refractivity contribution is -0.132. The van der Waals surface area contributed by atoms with Crippen molar-refractivity contribution in [1.29, 1.82) is 0 Å². The van der Waals surface area contributed by atoms with Crippen LogP contribution in [0, 0.1) is 0 Å². The molecule has 1 aliphatic rings. The lowest BCUT2D eigenvalue weighted by Gasteiger charge is -2.38. The van der Waals surface area contributed by atoms with E-state index in [-0.39, 0.29) is 43.6 Å². The maximum atomic E-state index is 12.5. The van der Waals surface area contributed by atoms with Crippen molar-refractivity contribution in [2.24, 2.45) is 0 Å². The summed E-state index contributed by atoms with van der Waals surface area (Å²) in [5.41, 5.74) is 0.845. The molecule has 1 aromatic carbocycles. The normalized spacial score (nSPS) is 27.5. The van der Waals surface area contributed by atoms with Crippen molar-refractivity contribution in [3.63, 3.8) is 0 Å². The highest BCUT2D eigenvalue weighted by Crippen LogP contribution is 2.22. The van der Waals surface area contributed by atoms with Gasteiger partial charge in [0.05, 0.1) is 18.7 Å². The smallest absolute Gasteiger partial charge is 0.220 e. The van der Waals surface area contributed by atoms with Crippen molar-refractivity contribution >= 4 is 11.7 Å². The molecule has 1 heterocycles. The van der Waals surface area contributed by atoms with Crippen LogP contribution in [0.25, 0.3) is 0 Å². The number of nitrogens with one attached hydrogen (secondary N) is 2. The first kappa shape index (κ1) is 19.5. The van der Waals surface area contributed by atoms with Gasteiger partial charge in [-0.15, -0.1) is 0 Å². The van der Waals surface area contributed by atoms with E-state index in [0.717, 1.165) is 5.56 Å². The monoisotopic (exact) mass is 350 g/mol. The zero-order valence-electron chi connectivity index (χ0n) is 14.3. The third kappa shape index (κ3) is 4.85. The van der Waals surface area contributed by atoms with Gasteiger partial charge in [-0.2, -0.15) is 0 Å². The fourth-order valence-corrected chi connectivity index (χ4v) is 3.06. The first-order valence-corrected chi connectivity index (χ1v) is 8.55. The molecule has 1 aliphatic heterocycles. The molecule has 2 rings (SSSR count). The molecule has 0 bridgehead atoms. The van der Waals surface area contributed by atoms with Crippen LogP contribution in [-0.4, -0.2) is 64.5 Å². The highest BCUT2D eigenvalue weighted by Gasteiger charge is 2.41. The molecule has 1 unspecified atom stereocenters. The van der Waals surface area contributed by atoms with Gasteiger partial charge in [0.25, 0.3) is 0 Å². The average Bonchev–Trinajstić information content (AvgIpc) is 2.64. The molecule has 1 aromatic rings. The number of carbonyl (C=O) groups is 2. The summed E-state index contributed by atoms with van der Waals surface area (Å²) in [6.07, 6.45) is -2.22. The quantitative estimate of drug-likeness (QED) is 0.444. The number of aliphatic hydroxyl groups excluding tert-OH is 3. The van der Waals surface area contributed by atoms with Gasteiger partial charge in [-0.3, -0.25) is 9.59 Å². The lowest BCUT2D eigenvalue weighted by Crippen LogP contribution is -2.66. The Labute approximate surface area is 147 Å². The van der Waals surface area contributed by atoms with E-state index in [0.29, 0.717) is 0 Å². The fourth-order valence-electron chi connectivity index (χ4n) is 3.06. The number of Topliss-reactive ketones (excluding diaryl/α,β-unsaturated/α-hetero) is 1. The molecule has 1 amide bonds. The Balaban J connectivity index is 1.99.